The number of aryl methyl sites for hydroxylation is 1. The third-order valence-corrected chi connectivity index (χ3v) is 4.53. The van der Waals surface area contributed by atoms with Gasteiger partial charge in [-0.3, -0.25) is 9.78 Å². The Bertz CT molecular complexity index is 1120. The number of benzene rings is 1. The van der Waals surface area contributed by atoms with E-state index in [2.05, 4.69) is 35.1 Å². The van der Waals surface area contributed by atoms with E-state index in [0.29, 0.717) is 18.1 Å². The molecule has 6 nitrogen and oxygen atoms in total. The summed E-state index contributed by atoms with van der Waals surface area (Å²) < 4.78 is 7.74. The van der Waals surface area contributed by atoms with E-state index in [-0.39, 0.29) is 5.91 Å². The Morgan fingerprint density at radius 3 is 2.78 bits per heavy atom. The van der Waals surface area contributed by atoms with E-state index in [4.69, 9.17) is 4.42 Å². The first-order valence-electron chi connectivity index (χ1n) is 8.71. The van der Waals surface area contributed by atoms with Gasteiger partial charge in [0.15, 0.2) is 5.76 Å². The van der Waals surface area contributed by atoms with E-state index in [1.54, 1.807) is 32.6 Å². The number of aromatic nitrogens is 3. The quantitative estimate of drug-likeness (QED) is 0.556. The summed E-state index contributed by atoms with van der Waals surface area (Å²) in [4.78, 5) is 22.6. The molecule has 0 unspecified atom stereocenters. The highest BCUT2D eigenvalue weighted by molar-refractivity contribution is 5.94. The molecule has 4 aromatic rings. The van der Waals surface area contributed by atoms with Gasteiger partial charge in [-0.15, -0.1) is 0 Å². The van der Waals surface area contributed by atoms with Crippen molar-refractivity contribution in [3.8, 4) is 11.4 Å². The summed E-state index contributed by atoms with van der Waals surface area (Å²) in [5.74, 6) is 1.73. The highest BCUT2D eigenvalue weighted by atomic mass is 16.4. The van der Waals surface area contributed by atoms with Crippen LogP contribution in [0.1, 0.15) is 21.9 Å². The minimum Gasteiger partial charge on any atom is -0.454 e. The zero-order valence-electron chi connectivity index (χ0n) is 15.5. The van der Waals surface area contributed by atoms with Crippen molar-refractivity contribution in [3.63, 3.8) is 0 Å². The Hall–Kier alpha value is -3.41. The molecule has 0 saturated heterocycles. The largest absolute Gasteiger partial charge is 0.454 e. The van der Waals surface area contributed by atoms with E-state index in [1.165, 1.54) is 4.90 Å². The second-order valence-electron chi connectivity index (χ2n) is 6.67. The average Bonchev–Trinajstić information content (AvgIpc) is 3.32. The van der Waals surface area contributed by atoms with Crippen LogP contribution in [-0.4, -0.2) is 39.4 Å². The van der Waals surface area contributed by atoms with Gasteiger partial charge in [-0.2, -0.15) is 0 Å². The first kappa shape index (κ1) is 17.0. The van der Waals surface area contributed by atoms with Gasteiger partial charge in [0, 0.05) is 43.6 Å². The van der Waals surface area contributed by atoms with Gasteiger partial charge in [0.05, 0.1) is 12.1 Å². The van der Waals surface area contributed by atoms with Crippen LogP contribution in [0.4, 0.5) is 0 Å². The molecule has 0 atom stereocenters. The van der Waals surface area contributed by atoms with Crippen molar-refractivity contribution < 1.29 is 9.21 Å². The summed E-state index contributed by atoms with van der Waals surface area (Å²) >= 11 is 0. The lowest BCUT2D eigenvalue weighted by Crippen LogP contribution is -2.20. The van der Waals surface area contributed by atoms with Crippen LogP contribution >= 0.6 is 0 Å². The van der Waals surface area contributed by atoms with Crippen molar-refractivity contribution in [1.82, 2.24) is 19.4 Å². The monoisotopic (exact) mass is 360 g/mol. The number of carbonyl (C=O) groups is 1. The highest BCUT2D eigenvalue weighted by Crippen LogP contribution is 2.29. The first-order valence-corrected chi connectivity index (χ1v) is 8.71. The second kappa shape index (κ2) is 6.72. The molecule has 0 aliphatic carbocycles. The molecule has 0 N–H and O–H groups in total. The third-order valence-electron chi connectivity index (χ3n) is 4.53. The number of imidazole rings is 1. The molecule has 1 amide bonds. The lowest BCUT2D eigenvalue weighted by Gasteiger charge is -2.10. The molecule has 0 bridgehead atoms. The third kappa shape index (κ3) is 3.10. The van der Waals surface area contributed by atoms with E-state index in [9.17, 15) is 4.79 Å². The molecule has 1 aromatic carbocycles. The standard InChI is InChI=1S/C21H20N4O2/c1-14-6-8-17(16-5-4-10-22-19(14)16)20-23-11-12-25(20)13-15-7-9-18(27-15)21(26)24(2)3/h4-12H,13H2,1-3H3. The molecule has 4 rings (SSSR count). The Labute approximate surface area is 157 Å². The molecule has 0 radical (unpaired) electrons. The van der Waals surface area contributed by atoms with E-state index in [1.807, 2.05) is 22.9 Å². The average molecular weight is 360 g/mol. The van der Waals surface area contributed by atoms with Crippen LogP contribution in [0.2, 0.25) is 0 Å². The maximum Gasteiger partial charge on any atom is 0.289 e. The molecular weight excluding hydrogens is 340 g/mol. The minimum atomic E-state index is -0.150. The summed E-state index contributed by atoms with van der Waals surface area (Å²) in [5, 5.41) is 1.06. The lowest BCUT2D eigenvalue weighted by atomic mass is 10.0. The predicted molar refractivity (Wildman–Crippen MR) is 104 cm³/mol. The number of fused-ring (bicyclic) bond motifs is 1. The minimum absolute atomic E-state index is 0.150. The van der Waals surface area contributed by atoms with Crippen LogP contribution in [-0.2, 0) is 6.54 Å². The maximum absolute atomic E-state index is 12.0. The molecule has 27 heavy (non-hydrogen) atoms. The highest BCUT2D eigenvalue weighted by Gasteiger charge is 2.15. The summed E-state index contributed by atoms with van der Waals surface area (Å²) in [6, 6.07) is 11.7. The molecule has 3 heterocycles. The van der Waals surface area contributed by atoms with Gasteiger partial charge in [-0.25, -0.2) is 4.98 Å². The van der Waals surface area contributed by atoms with Gasteiger partial charge in [-0.05, 0) is 30.7 Å². The van der Waals surface area contributed by atoms with Crippen molar-refractivity contribution in [3.05, 3.63) is 72.1 Å². The molecule has 0 aliphatic rings. The fourth-order valence-electron chi connectivity index (χ4n) is 3.16. The second-order valence-corrected chi connectivity index (χ2v) is 6.67. The fraction of sp³-hybridized carbons (Fsp3) is 0.190. The van der Waals surface area contributed by atoms with Gasteiger partial charge in [-0.1, -0.05) is 18.2 Å². The summed E-state index contributed by atoms with van der Waals surface area (Å²) in [6.07, 6.45) is 5.48. The van der Waals surface area contributed by atoms with Crippen LogP contribution in [0.5, 0.6) is 0 Å². The summed E-state index contributed by atoms with van der Waals surface area (Å²) in [7, 11) is 3.41. The Balaban J connectivity index is 1.71. The van der Waals surface area contributed by atoms with Crippen molar-refractivity contribution in [1.29, 1.82) is 0 Å². The fourth-order valence-corrected chi connectivity index (χ4v) is 3.16. The number of rotatable bonds is 4. The smallest absolute Gasteiger partial charge is 0.289 e. The van der Waals surface area contributed by atoms with Crippen molar-refractivity contribution in [2.75, 3.05) is 14.1 Å². The number of amides is 1. The molecule has 0 spiro atoms. The van der Waals surface area contributed by atoms with E-state index >= 15 is 0 Å². The molecule has 0 aliphatic heterocycles. The summed E-state index contributed by atoms with van der Waals surface area (Å²) in [5.41, 5.74) is 3.12. The molecule has 136 valence electrons. The zero-order valence-corrected chi connectivity index (χ0v) is 15.5. The van der Waals surface area contributed by atoms with Crippen molar-refractivity contribution >= 4 is 16.8 Å². The van der Waals surface area contributed by atoms with Crippen LogP contribution in [0.25, 0.3) is 22.3 Å². The predicted octanol–water partition coefficient (Wildman–Crippen LogP) is 3.75. The number of nitrogens with zero attached hydrogens (tertiary/aromatic N) is 4. The van der Waals surface area contributed by atoms with Gasteiger partial charge in [0.1, 0.15) is 11.6 Å². The van der Waals surface area contributed by atoms with E-state index in [0.717, 1.165) is 27.9 Å². The van der Waals surface area contributed by atoms with Gasteiger partial charge in [0.25, 0.3) is 5.91 Å². The Kier molecular flexibility index (Phi) is 4.24. The Morgan fingerprint density at radius 2 is 1.96 bits per heavy atom. The lowest BCUT2D eigenvalue weighted by molar-refractivity contribution is 0.0794. The summed E-state index contributed by atoms with van der Waals surface area (Å²) in [6.45, 7) is 2.55. The topological polar surface area (TPSA) is 64.2 Å². The van der Waals surface area contributed by atoms with Crippen LogP contribution < -0.4 is 0 Å². The number of carbonyl (C=O) groups excluding carboxylic acids is 1. The molecular formula is C21H20N4O2. The van der Waals surface area contributed by atoms with Crippen molar-refractivity contribution in [2.45, 2.75) is 13.5 Å². The van der Waals surface area contributed by atoms with Gasteiger partial charge >= 0.3 is 0 Å². The van der Waals surface area contributed by atoms with Crippen LogP contribution in [0, 0.1) is 6.92 Å². The molecule has 3 aromatic heterocycles. The van der Waals surface area contributed by atoms with Gasteiger partial charge in [0.2, 0.25) is 0 Å². The number of hydrogen-bond donors (Lipinski definition) is 0. The molecule has 0 saturated carbocycles. The van der Waals surface area contributed by atoms with Crippen LogP contribution in [0.3, 0.4) is 0 Å². The zero-order chi connectivity index (χ0) is 19.0. The number of furan rings is 1. The van der Waals surface area contributed by atoms with Crippen LogP contribution in [0.15, 0.2) is 59.4 Å². The van der Waals surface area contributed by atoms with Gasteiger partial charge < -0.3 is 13.9 Å². The SMILES string of the molecule is Cc1ccc(-c2nccn2Cc2ccc(C(=O)N(C)C)o2)c2cccnc12. The number of pyridine rings is 1. The number of hydrogen-bond acceptors (Lipinski definition) is 4. The maximum atomic E-state index is 12.0. The first-order chi connectivity index (χ1) is 13.0. The molecule has 6 heteroatoms. The normalized spacial score (nSPS) is 11.1. The van der Waals surface area contributed by atoms with E-state index < -0.39 is 0 Å². The Morgan fingerprint density at radius 1 is 1.11 bits per heavy atom. The van der Waals surface area contributed by atoms with Crippen molar-refractivity contribution in [2.24, 2.45) is 0 Å². The molecule has 0 fully saturated rings.